The van der Waals surface area contributed by atoms with Crippen LogP contribution in [0, 0.1) is 11.3 Å². The van der Waals surface area contributed by atoms with Gasteiger partial charge in [0.25, 0.3) is 0 Å². The van der Waals surface area contributed by atoms with E-state index in [1.165, 1.54) is 6.42 Å². The van der Waals surface area contributed by atoms with Crippen molar-refractivity contribution in [2.75, 3.05) is 0 Å². The molecule has 0 saturated heterocycles. The first-order chi connectivity index (χ1) is 12.2. The van der Waals surface area contributed by atoms with E-state index < -0.39 is 0 Å². The predicted molar refractivity (Wildman–Crippen MR) is 110 cm³/mol. The second-order valence-electron chi connectivity index (χ2n) is 8.54. The van der Waals surface area contributed by atoms with Gasteiger partial charge in [0.2, 0.25) is 0 Å². The van der Waals surface area contributed by atoms with Crippen LogP contribution in [0.1, 0.15) is 59.6 Å². The lowest BCUT2D eigenvalue weighted by Crippen LogP contribution is -2.15. The summed E-state index contributed by atoms with van der Waals surface area (Å²) in [5, 5.41) is 4.66. The first-order valence-corrected chi connectivity index (χ1v) is 9.45. The van der Waals surface area contributed by atoms with Gasteiger partial charge in [-0.15, -0.1) is 0 Å². The Kier molecular flexibility index (Phi) is 6.57. The summed E-state index contributed by atoms with van der Waals surface area (Å²) in [5.41, 5.74) is 3.58. The number of Topliss-reactive ketones (excluding diaryl/α,β-unsaturated/α-hetero) is 1. The van der Waals surface area contributed by atoms with Gasteiger partial charge < -0.3 is 0 Å². The minimum atomic E-state index is -0.0309. The Balaban J connectivity index is 2.06. The summed E-state index contributed by atoms with van der Waals surface area (Å²) < 4.78 is 1.88. The molecule has 140 valence electrons. The lowest BCUT2D eigenvalue weighted by Gasteiger charge is -2.18. The van der Waals surface area contributed by atoms with Gasteiger partial charge in [-0.3, -0.25) is 4.79 Å². The average Bonchev–Trinajstić information content (AvgIpc) is 2.92. The third-order valence-electron chi connectivity index (χ3n) is 4.57. The maximum absolute atomic E-state index is 12.6. The highest BCUT2D eigenvalue weighted by atomic mass is 16.1. The van der Waals surface area contributed by atoms with Crippen LogP contribution in [0.15, 0.2) is 54.3 Å². The fourth-order valence-electron chi connectivity index (χ4n) is 2.90. The van der Waals surface area contributed by atoms with E-state index >= 15 is 0 Å². The third-order valence-corrected chi connectivity index (χ3v) is 4.57. The van der Waals surface area contributed by atoms with E-state index in [4.69, 9.17) is 0 Å². The van der Waals surface area contributed by atoms with Crippen LogP contribution in [-0.2, 0) is 11.2 Å². The molecular formula is C23H32N2O. The van der Waals surface area contributed by atoms with Crippen LogP contribution in [0.2, 0.25) is 0 Å². The number of carbonyl (C=O) groups excluding carboxylic acids is 1. The van der Waals surface area contributed by atoms with Gasteiger partial charge in [0.1, 0.15) is 0 Å². The number of nitrogens with zero attached hydrogens (tertiary/aromatic N) is 2. The van der Waals surface area contributed by atoms with Gasteiger partial charge in [-0.05, 0) is 68.2 Å². The Hall–Kier alpha value is -2.16. The molecule has 1 aromatic heterocycles. The van der Waals surface area contributed by atoms with Crippen molar-refractivity contribution in [2.45, 2.75) is 60.3 Å². The normalized spacial score (nSPS) is 18.0. The highest BCUT2D eigenvalue weighted by Gasteiger charge is 2.19. The first kappa shape index (κ1) is 20.2. The average molecular weight is 353 g/mol. The van der Waals surface area contributed by atoms with Crippen LogP contribution in [0.4, 0.5) is 0 Å². The number of ketones is 1. The summed E-state index contributed by atoms with van der Waals surface area (Å²) in [7, 11) is 0. The summed E-state index contributed by atoms with van der Waals surface area (Å²) in [5.74, 6) is 0.871. The maximum Gasteiger partial charge on any atom is 0.163 e. The summed E-state index contributed by atoms with van der Waals surface area (Å²) >= 11 is 0. The van der Waals surface area contributed by atoms with Gasteiger partial charge in [-0.25, -0.2) is 4.68 Å². The summed E-state index contributed by atoms with van der Waals surface area (Å²) in [6.45, 7) is 14.1. The van der Waals surface area contributed by atoms with E-state index in [0.29, 0.717) is 12.0 Å². The van der Waals surface area contributed by atoms with Crippen LogP contribution < -0.4 is 0 Å². The predicted octanol–water partition coefficient (Wildman–Crippen LogP) is 5.76. The van der Waals surface area contributed by atoms with Crippen molar-refractivity contribution >= 4 is 11.5 Å². The molecule has 0 amide bonds. The molecule has 0 spiro atoms. The summed E-state index contributed by atoms with van der Waals surface area (Å²) in [6, 6.07) is 2.08. The number of aromatic nitrogens is 2. The molecule has 1 aliphatic carbocycles. The molecule has 1 aromatic rings. The number of rotatable bonds is 8. The van der Waals surface area contributed by atoms with Gasteiger partial charge >= 0.3 is 0 Å². The molecule has 3 heteroatoms. The van der Waals surface area contributed by atoms with Crippen molar-refractivity contribution in [2.24, 2.45) is 11.3 Å². The van der Waals surface area contributed by atoms with E-state index in [1.54, 1.807) is 0 Å². The van der Waals surface area contributed by atoms with E-state index in [1.807, 2.05) is 36.9 Å². The Labute approximate surface area is 158 Å². The zero-order chi connectivity index (χ0) is 19.3. The SMILES string of the molecule is C=C(C)/C(=C\C=C(/C)n1ccc(CCC2C=CC2)n1)C(=O)CC(C)(C)C. The van der Waals surface area contributed by atoms with Crippen molar-refractivity contribution in [3.05, 3.63) is 60.0 Å². The van der Waals surface area contributed by atoms with Gasteiger partial charge in [0, 0.05) is 23.9 Å². The van der Waals surface area contributed by atoms with Gasteiger partial charge in [0.15, 0.2) is 5.78 Å². The number of carbonyl (C=O) groups is 1. The van der Waals surface area contributed by atoms with Crippen molar-refractivity contribution < 1.29 is 4.79 Å². The molecule has 0 radical (unpaired) electrons. The molecule has 2 rings (SSSR count). The van der Waals surface area contributed by atoms with Crippen molar-refractivity contribution in [3.8, 4) is 0 Å². The number of allylic oxidation sites excluding steroid dienone is 7. The van der Waals surface area contributed by atoms with Gasteiger partial charge in [-0.1, -0.05) is 39.5 Å². The second-order valence-corrected chi connectivity index (χ2v) is 8.54. The topological polar surface area (TPSA) is 34.9 Å². The van der Waals surface area contributed by atoms with E-state index in [0.717, 1.165) is 35.7 Å². The van der Waals surface area contributed by atoms with Crippen molar-refractivity contribution in [3.63, 3.8) is 0 Å². The summed E-state index contributed by atoms with van der Waals surface area (Å²) in [4.78, 5) is 12.6. The highest BCUT2D eigenvalue weighted by molar-refractivity contribution is 5.99. The Bertz CT molecular complexity index is 753. The van der Waals surface area contributed by atoms with E-state index in [9.17, 15) is 4.79 Å². The lowest BCUT2D eigenvalue weighted by molar-refractivity contribution is -0.116. The quantitative estimate of drug-likeness (QED) is 0.339. The van der Waals surface area contributed by atoms with Gasteiger partial charge in [0.05, 0.1) is 5.69 Å². The van der Waals surface area contributed by atoms with E-state index in [-0.39, 0.29) is 11.2 Å². The Morgan fingerprint density at radius 3 is 2.58 bits per heavy atom. The van der Waals surface area contributed by atoms with Crippen molar-refractivity contribution in [1.29, 1.82) is 0 Å². The smallest absolute Gasteiger partial charge is 0.163 e. The van der Waals surface area contributed by atoms with Crippen molar-refractivity contribution in [1.82, 2.24) is 9.78 Å². The number of aryl methyl sites for hydroxylation is 1. The monoisotopic (exact) mass is 352 g/mol. The van der Waals surface area contributed by atoms with E-state index in [2.05, 4.69) is 50.7 Å². The zero-order valence-electron chi connectivity index (χ0n) is 16.9. The summed E-state index contributed by atoms with van der Waals surface area (Å²) in [6.07, 6.45) is 14.2. The van der Waals surface area contributed by atoms with Crippen LogP contribution in [0.3, 0.4) is 0 Å². The van der Waals surface area contributed by atoms with Crippen LogP contribution >= 0.6 is 0 Å². The second kappa shape index (κ2) is 8.48. The molecule has 0 aliphatic heterocycles. The first-order valence-electron chi connectivity index (χ1n) is 9.45. The molecular weight excluding hydrogens is 320 g/mol. The minimum Gasteiger partial charge on any atom is -0.294 e. The third kappa shape index (κ3) is 5.98. The van der Waals surface area contributed by atoms with Crippen LogP contribution in [0.5, 0.6) is 0 Å². The molecule has 0 saturated carbocycles. The fraction of sp³-hybridized carbons (Fsp3) is 0.478. The maximum atomic E-state index is 12.6. The molecule has 1 atom stereocenters. The molecule has 0 bridgehead atoms. The highest BCUT2D eigenvalue weighted by Crippen LogP contribution is 2.24. The zero-order valence-corrected chi connectivity index (χ0v) is 16.9. The van der Waals surface area contributed by atoms with Crippen LogP contribution in [0.25, 0.3) is 5.70 Å². The molecule has 1 aliphatic rings. The largest absolute Gasteiger partial charge is 0.294 e. The van der Waals surface area contributed by atoms with Gasteiger partial charge in [-0.2, -0.15) is 5.10 Å². The lowest BCUT2D eigenvalue weighted by atomic mass is 9.86. The number of hydrogen-bond donors (Lipinski definition) is 0. The Morgan fingerprint density at radius 2 is 2.04 bits per heavy atom. The molecule has 0 N–H and O–H groups in total. The molecule has 1 heterocycles. The molecule has 26 heavy (non-hydrogen) atoms. The minimum absolute atomic E-state index is 0.0309. The molecule has 0 aromatic carbocycles. The molecule has 1 unspecified atom stereocenters. The molecule has 0 fully saturated rings. The number of hydrogen-bond acceptors (Lipinski definition) is 2. The standard InChI is InChI=1S/C23H32N2O/c1-17(2)21(22(26)16-23(4,5)6)13-10-18(3)25-15-14-20(24-25)12-11-19-8-7-9-19/h7-8,10,13-15,19H,1,9,11-12,16H2,2-6H3/b18-10+,21-13+. The Morgan fingerprint density at radius 1 is 1.35 bits per heavy atom. The molecule has 3 nitrogen and oxygen atoms in total. The van der Waals surface area contributed by atoms with Crippen LogP contribution in [-0.4, -0.2) is 15.6 Å². The fourth-order valence-corrected chi connectivity index (χ4v) is 2.90.